The van der Waals surface area contributed by atoms with Crippen LogP contribution in [0, 0.1) is 0 Å². The van der Waals surface area contributed by atoms with Gasteiger partial charge in [0.2, 0.25) is 0 Å². The first-order valence-corrected chi connectivity index (χ1v) is 6.50. The van der Waals surface area contributed by atoms with E-state index >= 15 is 0 Å². The average Bonchev–Trinajstić information content (AvgIpc) is 2.74. The third-order valence-electron chi connectivity index (χ3n) is 3.66. The number of urea groups is 1. The molecule has 2 rings (SSSR count). The largest absolute Gasteiger partial charge is 0.480 e. The predicted octanol–water partition coefficient (Wildman–Crippen LogP) is -0.265. The van der Waals surface area contributed by atoms with Crippen molar-refractivity contribution in [1.82, 2.24) is 9.80 Å². The fourth-order valence-corrected chi connectivity index (χ4v) is 2.59. The van der Waals surface area contributed by atoms with Crippen LogP contribution >= 0.6 is 0 Å². The van der Waals surface area contributed by atoms with Crippen molar-refractivity contribution in [1.29, 1.82) is 0 Å². The van der Waals surface area contributed by atoms with Crippen LogP contribution in [0.15, 0.2) is 0 Å². The molecule has 0 radical (unpaired) electrons. The van der Waals surface area contributed by atoms with E-state index in [0.29, 0.717) is 13.2 Å². The molecule has 0 bridgehead atoms. The van der Waals surface area contributed by atoms with E-state index in [9.17, 15) is 14.7 Å². The van der Waals surface area contributed by atoms with Crippen LogP contribution in [-0.2, 0) is 9.53 Å². The molecule has 2 amide bonds. The number of carboxylic acid groups (broad SMARTS) is 1. The molecule has 0 aromatic carbocycles. The van der Waals surface area contributed by atoms with Crippen LogP contribution in [0.25, 0.3) is 0 Å². The Morgan fingerprint density at radius 2 is 1.89 bits per heavy atom. The number of amides is 2. The van der Waals surface area contributed by atoms with Crippen LogP contribution in [0.2, 0.25) is 0 Å². The van der Waals surface area contributed by atoms with E-state index < -0.39 is 18.1 Å². The van der Waals surface area contributed by atoms with E-state index in [-0.39, 0.29) is 31.1 Å². The van der Waals surface area contributed by atoms with Crippen molar-refractivity contribution < 1.29 is 24.5 Å². The number of aliphatic carboxylic acids is 1. The molecule has 0 saturated carbocycles. The molecule has 2 fully saturated rings. The average molecular weight is 272 g/mol. The van der Waals surface area contributed by atoms with Crippen molar-refractivity contribution in [2.45, 2.75) is 44.6 Å². The molecule has 4 unspecified atom stereocenters. The van der Waals surface area contributed by atoms with Crippen LogP contribution in [0.1, 0.15) is 20.3 Å². The fourth-order valence-electron chi connectivity index (χ4n) is 2.59. The zero-order valence-corrected chi connectivity index (χ0v) is 11.2. The minimum absolute atomic E-state index is 0.0593. The molecule has 2 saturated heterocycles. The number of ether oxygens (including phenoxy) is 1. The van der Waals surface area contributed by atoms with Crippen molar-refractivity contribution in [3.05, 3.63) is 0 Å². The highest BCUT2D eigenvalue weighted by Gasteiger charge is 2.42. The summed E-state index contributed by atoms with van der Waals surface area (Å²) in [5, 5.41) is 18.7. The monoisotopic (exact) mass is 272 g/mol. The van der Waals surface area contributed by atoms with Gasteiger partial charge in [0.05, 0.1) is 24.9 Å². The Bertz CT molecular complexity index is 375. The molecule has 0 aromatic heterocycles. The highest BCUT2D eigenvalue weighted by Crippen LogP contribution is 2.22. The lowest BCUT2D eigenvalue weighted by Crippen LogP contribution is -2.56. The lowest BCUT2D eigenvalue weighted by atomic mass is 10.2. The third kappa shape index (κ3) is 2.82. The summed E-state index contributed by atoms with van der Waals surface area (Å²) in [6, 6.07) is -1.35. The van der Waals surface area contributed by atoms with Gasteiger partial charge >= 0.3 is 12.0 Å². The second-order valence-corrected chi connectivity index (χ2v) is 5.32. The summed E-state index contributed by atoms with van der Waals surface area (Å²) in [7, 11) is 0. The summed E-state index contributed by atoms with van der Waals surface area (Å²) in [5.74, 6) is -1.07. The molecule has 108 valence electrons. The molecule has 0 aromatic rings. The Morgan fingerprint density at radius 1 is 1.21 bits per heavy atom. The lowest BCUT2D eigenvalue weighted by molar-refractivity contribution is -0.141. The SMILES string of the molecule is CC1CN(C(=O)N2CC(O)CC2C(=O)O)C(C)CO1. The van der Waals surface area contributed by atoms with Crippen molar-refractivity contribution >= 4 is 12.0 Å². The van der Waals surface area contributed by atoms with Gasteiger partial charge in [-0.1, -0.05) is 0 Å². The Labute approximate surface area is 111 Å². The maximum absolute atomic E-state index is 12.4. The van der Waals surface area contributed by atoms with Crippen LogP contribution in [0.3, 0.4) is 0 Å². The number of aliphatic hydroxyl groups is 1. The smallest absolute Gasteiger partial charge is 0.326 e. The van der Waals surface area contributed by atoms with Gasteiger partial charge in [-0.05, 0) is 13.8 Å². The van der Waals surface area contributed by atoms with E-state index in [2.05, 4.69) is 0 Å². The first-order valence-electron chi connectivity index (χ1n) is 6.50. The summed E-state index contributed by atoms with van der Waals surface area (Å²) in [4.78, 5) is 26.5. The highest BCUT2D eigenvalue weighted by molar-refractivity contribution is 5.83. The van der Waals surface area contributed by atoms with Gasteiger partial charge in [-0.2, -0.15) is 0 Å². The number of carbonyl (C=O) groups excluding carboxylic acids is 1. The maximum Gasteiger partial charge on any atom is 0.326 e. The summed E-state index contributed by atoms with van der Waals surface area (Å²) >= 11 is 0. The number of rotatable bonds is 1. The quantitative estimate of drug-likeness (QED) is 0.686. The molecule has 2 aliphatic rings. The normalized spacial score (nSPS) is 35.5. The van der Waals surface area contributed by atoms with Crippen LogP contribution < -0.4 is 0 Å². The minimum Gasteiger partial charge on any atom is -0.480 e. The van der Waals surface area contributed by atoms with Crippen molar-refractivity contribution in [2.24, 2.45) is 0 Å². The molecular formula is C12H20N2O5. The Balaban J connectivity index is 2.11. The summed E-state index contributed by atoms with van der Waals surface area (Å²) in [6.45, 7) is 4.71. The zero-order valence-electron chi connectivity index (χ0n) is 11.2. The van der Waals surface area contributed by atoms with E-state index in [1.165, 1.54) is 4.90 Å². The fraction of sp³-hybridized carbons (Fsp3) is 0.833. The van der Waals surface area contributed by atoms with Gasteiger partial charge in [-0.15, -0.1) is 0 Å². The van der Waals surface area contributed by atoms with Gasteiger partial charge in [-0.25, -0.2) is 9.59 Å². The molecule has 7 heteroatoms. The number of hydrogen-bond donors (Lipinski definition) is 2. The van der Waals surface area contributed by atoms with E-state index in [4.69, 9.17) is 9.84 Å². The maximum atomic E-state index is 12.4. The van der Waals surface area contributed by atoms with E-state index in [1.807, 2.05) is 13.8 Å². The molecule has 2 heterocycles. The molecule has 0 aliphatic carbocycles. The number of aliphatic hydroxyl groups excluding tert-OH is 1. The van der Waals surface area contributed by atoms with Crippen LogP contribution in [-0.4, -0.2) is 76.0 Å². The van der Waals surface area contributed by atoms with Crippen molar-refractivity contribution in [3.8, 4) is 0 Å². The van der Waals surface area contributed by atoms with Crippen molar-refractivity contribution in [2.75, 3.05) is 19.7 Å². The number of carboxylic acids is 1. The van der Waals surface area contributed by atoms with E-state index in [0.717, 1.165) is 0 Å². The second-order valence-electron chi connectivity index (χ2n) is 5.32. The number of likely N-dealkylation sites (tertiary alicyclic amines) is 1. The van der Waals surface area contributed by atoms with Gasteiger partial charge in [0.25, 0.3) is 0 Å². The topological polar surface area (TPSA) is 90.3 Å². The summed E-state index contributed by atoms with van der Waals surface area (Å²) in [6.07, 6.45) is -0.732. The number of hydrogen-bond acceptors (Lipinski definition) is 4. The third-order valence-corrected chi connectivity index (χ3v) is 3.66. The van der Waals surface area contributed by atoms with E-state index in [1.54, 1.807) is 4.90 Å². The number of β-amino-alcohol motifs (C(OH)–C–C–N with tert-alkyl or cyclic N) is 1. The van der Waals surface area contributed by atoms with Crippen molar-refractivity contribution in [3.63, 3.8) is 0 Å². The number of nitrogens with zero attached hydrogens (tertiary/aromatic N) is 2. The second kappa shape index (κ2) is 5.34. The van der Waals surface area contributed by atoms with Gasteiger partial charge in [0.15, 0.2) is 0 Å². The molecule has 7 nitrogen and oxygen atoms in total. The van der Waals surface area contributed by atoms with Crippen LogP contribution in [0.4, 0.5) is 4.79 Å². The number of carbonyl (C=O) groups is 2. The Hall–Kier alpha value is -1.34. The summed E-state index contributed by atoms with van der Waals surface area (Å²) < 4.78 is 5.45. The van der Waals surface area contributed by atoms with Gasteiger partial charge in [-0.3, -0.25) is 0 Å². The van der Waals surface area contributed by atoms with Gasteiger partial charge in [0.1, 0.15) is 6.04 Å². The summed E-state index contributed by atoms with van der Waals surface area (Å²) in [5.41, 5.74) is 0. The molecule has 4 atom stereocenters. The first kappa shape index (κ1) is 14.1. The molecule has 19 heavy (non-hydrogen) atoms. The zero-order chi connectivity index (χ0) is 14.2. The first-order chi connectivity index (χ1) is 8.90. The van der Waals surface area contributed by atoms with Gasteiger partial charge in [0, 0.05) is 19.5 Å². The molecule has 0 spiro atoms. The molecular weight excluding hydrogens is 252 g/mol. The standard InChI is InChI=1S/C12H20N2O5/c1-7-6-19-8(2)4-13(7)12(18)14-5-9(15)3-10(14)11(16)17/h7-10,15H,3-6H2,1-2H3,(H,16,17). The molecule has 2 aliphatic heterocycles. The highest BCUT2D eigenvalue weighted by atomic mass is 16.5. The minimum atomic E-state index is -1.07. The predicted molar refractivity (Wildman–Crippen MR) is 65.7 cm³/mol. The number of morpholine rings is 1. The molecule has 2 N–H and O–H groups in total. The Kier molecular flexibility index (Phi) is 3.96. The lowest BCUT2D eigenvalue weighted by Gasteiger charge is -2.39. The Morgan fingerprint density at radius 3 is 2.53 bits per heavy atom. The van der Waals surface area contributed by atoms with Gasteiger partial charge < -0.3 is 24.7 Å². The van der Waals surface area contributed by atoms with Crippen LogP contribution in [0.5, 0.6) is 0 Å².